The largest absolute Gasteiger partial charge is 0.393 e. The lowest BCUT2D eigenvalue weighted by Crippen LogP contribution is -2.50. The second-order valence-corrected chi connectivity index (χ2v) is 12.6. The molecule has 1 unspecified atom stereocenters. The molecule has 3 saturated carbocycles. The molecular formula is C28H48O2. The van der Waals surface area contributed by atoms with Crippen molar-refractivity contribution in [3.8, 4) is 0 Å². The lowest BCUT2D eigenvalue weighted by molar-refractivity contribution is -0.0576. The Bertz CT molecular complexity index is 651. The molecule has 4 aliphatic rings. The van der Waals surface area contributed by atoms with E-state index in [1.807, 2.05) is 6.92 Å². The minimum absolute atomic E-state index is 0.0973. The fraction of sp³-hybridized carbons (Fsp3) is 0.929. The van der Waals surface area contributed by atoms with Gasteiger partial charge in [0.1, 0.15) is 0 Å². The van der Waals surface area contributed by atoms with Crippen molar-refractivity contribution in [2.24, 2.45) is 40.4 Å². The number of fused-ring (bicyclic) bond motifs is 5. The van der Waals surface area contributed by atoms with Gasteiger partial charge < -0.3 is 10.2 Å². The van der Waals surface area contributed by atoms with Crippen LogP contribution in [0.3, 0.4) is 0 Å². The third-order valence-electron chi connectivity index (χ3n) is 11.0. The molecular weight excluding hydrogens is 368 g/mol. The van der Waals surface area contributed by atoms with E-state index in [2.05, 4.69) is 33.8 Å². The van der Waals surface area contributed by atoms with Gasteiger partial charge in [0.2, 0.25) is 0 Å². The molecule has 0 spiro atoms. The van der Waals surface area contributed by atoms with Crippen LogP contribution in [0.5, 0.6) is 0 Å². The van der Waals surface area contributed by atoms with Gasteiger partial charge in [0, 0.05) is 0 Å². The molecule has 0 radical (unpaired) electrons. The third-order valence-corrected chi connectivity index (χ3v) is 11.0. The summed E-state index contributed by atoms with van der Waals surface area (Å²) in [5.41, 5.74) is 1.99. The van der Waals surface area contributed by atoms with Crippen LogP contribution in [0.25, 0.3) is 0 Å². The zero-order valence-corrected chi connectivity index (χ0v) is 20.4. The Kier molecular flexibility index (Phi) is 6.26. The quantitative estimate of drug-likeness (QED) is 0.463. The minimum Gasteiger partial charge on any atom is -0.393 e. The van der Waals surface area contributed by atoms with E-state index in [0.717, 1.165) is 61.7 Å². The van der Waals surface area contributed by atoms with Crippen molar-refractivity contribution in [2.45, 2.75) is 123 Å². The fourth-order valence-electron chi connectivity index (χ4n) is 8.80. The first-order valence-corrected chi connectivity index (χ1v) is 13.2. The molecule has 172 valence electrons. The highest BCUT2D eigenvalue weighted by molar-refractivity contribution is 5.25. The average Bonchev–Trinajstić information content (AvgIpc) is 3.05. The molecule has 4 aliphatic carbocycles. The molecule has 0 aromatic carbocycles. The lowest BCUT2D eigenvalue weighted by Gasteiger charge is -2.58. The molecule has 2 heteroatoms. The van der Waals surface area contributed by atoms with Gasteiger partial charge in [0.15, 0.2) is 0 Å². The molecule has 2 nitrogen and oxygen atoms in total. The van der Waals surface area contributed by atoms with Crippen LogP contribution >= 0.6 is 0 Å². The summed E-state index contributed by atoms with van der Waals surface area (Å²) in [6.07, 6.45) is 16.8. The van der Waals surface area contributed by atoms with Crippen LogP contribution in [0.15, 0.2) is 11.6 Å². The van der Waals surface area contributed by atoms with Crippen molar-refractivity contribution in [3.63, 3.8) is 0 Å². The molecule has 3 fully saturated rings. The lowest BCUT2D eigenvalue weighted by atomic mass is 9.47. The molecule has 4 rings (SSSR count). The first-order chi connectivity index (χ1) is 14.1. The summed E-state index contributed by atoms with van der Waals surface area (Å²) in [6, 6.07) is 0. The molecule has 0 saturated heterocycles. The minimum atomic E-state index is -0.477. The summed E-state index contributed by atoms with van der Waals surface area (Å²) in [5.74, 6) is 4.24. The van der Waals surface area contributed by atoms with Crippen LogP contribution in [0.4, 0.5) is 0 Å². The Morgan fingerprint density at radius 2 is 1.90 bits per heavy atom. The van der Waals surface area contributed by atoms with Gasteiger partial charge in [-0.3, -0.25) is 0 Å². The van der Waals surface area contributed by atoms with Crippen LogP contribution in [0.2, 0.25) is 0 Å². The van der Waals surface area contributed by atoms with Gasteiger partial charge in [-0.05, 0) is 112 Å². The molecule has 9 atom stereocenters. The molecule has 0 heterocycles. The smallest absolute Gasteiger partial charge is 0.0617 e. The highest BCUT2D eigenvalue weighted by Gasteiger charge is 2.59. The normalized spacial score (nSPS) is 46.2. The predicted molar refractivity (Wildman–Crippen MR) is 125 cm³/mol. The number of rotatable bonds is 6. The molecule has 0 amide bonds. The van der Waals surface area contributed by atoms with Crippen molar-refractivity contribution in [1.29, 1.82) is 0 Å². The van der Waals surface area contributed by atoms with Crippen LogP contribution < -0.4 is 0 Å². The third kappa shape index (κ3) is 3.83. The van der Waals surface area contributed by atoms with E-state index < -0.39 is 5.60 Å². The summed E-state index contributed by atoms with van der Waals surface area (Å²) in [5, 5.41) is 20.6. The SMILES string of the molecule is CCC(C)(O)CCC[C@@H](C)[C@H]1CC[C@H]2[C@@H]3CC=C4C[C@@H](O)CC[C@]4(C)[C@H]3CC[C@]12C. The standard InChI is InChI=1S/C28H48O2/c1-6-26(3,30)15-7-8-19(2)23-11-12-24-22-10-9-20-18-21(29)13-16-27(20,4)25(22)14-17-28(23,24)5/h9,19,21-25,29-30H,6-8,10-18H2,1-5H3/t19-,21+,22+,23-,24+,25+,26?,27+,28-/m1/s1. The number of allylic oxidation sites excluding steroid dienone is 1. The van der Waals surface area contributed by atoms with Crippen molar-refractivity contribution in [2.75, 3.05) is 0 Å². The summed E-state index contributed by atoms with van der Waals surface area (Å²) in [4.78, 5) is 0. The Morgan fingerprint density at radius 1 is 1.13 bits per heavy atom. The van der Waals surface area contributed by atoms with Crippen LogP contribution in [0.1, 0.15) is 112 Å². The second kappa shape index (κ2) is 8.22. The van der Waals surface area contributed by atoms with Gasteiger partial charge in [0.05, 0.1) is 11.7 Å². The number of hydrogen-bond donors (Lipinski definition) is 2. The Labute approximate surface area is 185 Å². The number of aliphatic hydroxyl groups is 2. The van der Waals surface area contributed by atoms with Gasteiger partial charge >= 0.3 is 0 Å². The molecule has 0 bridgehead atoms. The highest BCUT2D eigenvalue weighted by atomic mass is 16.3. The van der Waals surface area contributed by atoms with E-state index in [-0.39, 0.29) is 6.10 Å². The van der Waals surface area contributed by atoms with Crippen molar-refractivity contribution < 1.29 is 10.2 Å². The Morgan fingerprint density at radius 3 is 2.63 bits per heavy atom. The fourth-order valence-corrected chi connectivity index (χ4v) is 8.80. The molecule has 0 aromatic heterocycles. The van der Waals surface area contributed by atoms with Crippen molar-refractivity contribution >= 4 is 0 Å². The van der Waals surface area contributed by atoms with Crippen LogP contribution in [0, 0.1) is 40.4 Å². The van der Waals surface area contributed by atoms with Crippen LogP contribution in [-0.2, 0) is 0 Å². The monoisotopic (exact) mass is 416 g/mol. The van der Waals surface area contributed by atoms with Crippen molar-refractivity contribution in [1.82, 2.24) is 0 Å². The van der Waals surface area contributed by atoms with Crippen LogP contribution in [-0.4, -0.2) is 21.9 Å². The predicted octanol–water partition coefficient (Wildman–Crippen LogP) is 6.89. The van der Waals surface area contributed by atoms with Crippen molar-refractivity contribution in [3.05, 3.63) is 11.6 Å². The highest BCUT2D eigenvalue weighted by Crippen LogP contribution is 2.67. The molecule has 0 aliphatic heterocycles. The maximum atomic E-state index is 10.4. The summed E-state index contributed by atoms with van der Waals surface area (Å²) in [7, 11) is 0. The number of aliphatic hydroxyl groups excluding tert-OH is 1. The summed E-state index contributed by atoms with van der Waals surface area (Å²) in [6.45, 7) is 11.8. The first-order valence-electron chi connectivity index (χ1n) is 13.2. The van der Waals surface area contributed by atoms with E-state index in [4.69, 9.17) is 0 Å². The second-order valence-electron chi connectivity index (χ2n) is 12.6. The van der Waals surface area contributed by atoms with E-state index in [9.17, 15) is 10.2 Å². The van der Waals surface area contributed by atoms with E-state index in [0.29, 0.717) is 10.8 Å². The Hall–Kier alpha value is -0.340. The topological polar surface area (TPSA) is 40.5 Å². The first kappa shape index (κ1) is 22.8. The van der Waals surface area contributed by atoms with Gasteiger partial charge in [0.25, 0.3) is 0 Å². The van der Waals surface area contributed by atoms with E-state index in [1.54, 1.807) is 5.57 Å². The number of hydrogen-bond acceptors (Lipinski definition) is 2. The van der Waals surface area contributed by atoms with Gasteiger partial charge in [-0.15, -0.1) is 0 Å². The molecule has 30 heavy (non-hydrogen) atoms. The summed E-state index contributed by atoms with van der Waals surface area (Å²) >= 11 is 0. The van der Waals surface area contributed by atoms with E-state index >= 15 is 0 Å². The van der Waals surface area contributed by atoms with E-state index in [1.165, 1.54) is 44.9 Å². The summed E-state index contributed by atoms with van der Waals surface area (Å²) < 4.78 is 0. The van der Waals surface area contributed by atoms with Gasteiger partial charge in [-0.1, -0.05) is 52.2 Å². The average molecular weight is 417 g/mol. The van der Waals surface area contributed by atoms with Gasteiger partial charge in [-0.25, -0.2) is 0 Å². The maximum absolute atomic E-state index is 10.4. The molecule has 2 N–H and O–H groups in total. The molecule has 0 aromatic rings. The Balaban J connectivity index is 1.45. The zero-order chi connectivity index (χ0) is 21.7. The van der Waals surface area contributed by atoms with Gasteiger partial charge in [-0.2, -0.15) is 0 Å². The maximum Gasteiger partial charge on any atom is 0.0617 e. The zero-order valence-electron chi connectivity index (χ0n) is 20.4.